The molecule has 0 aliphatic rings. The van der Waals surface area contributed by atoms with E-state index in [1.807, 2.05) is 0 Å². The fraction of sp³-hybridized carbons (Fsp3) is 0.222. The van der Waals surface area contributed by atoms with E-state index in [1.54, 1.807) is 6.92 Å². The molecule has 0 saturated carbocycles. The molecule has 0 atom stereocenters. The number of tetrazole rings is 1. The highest BCUT2D eigenvalue weighted by molar-refractivity contribution is 7.99. The molecule has 0 bridgehead atoms. The van der Waals surface area contributed by atoms with Crippen LogP contribution in [-0.2, 0) is 11.3 Å². The molecule has 11 heteroatoms. The molecule has 0 aliphatic heterocycles. The van der Waals surface area contributed by atoms with Crippen LogP contribution in [0.4, 0.5) is 5.69 Å². The molecule has 2 aromatic rings. The third-order valence-corrected chi connectivity index (χ3v) is 3.14. The van der Waals surface area contributed by atoms with Crippen LogP contribution < -0.4 is 0 Å². The molecule has 0 saturated heterocycles. The average Bonchev–Trinajstić information content (AvgIpc) is 2.75. The molecule has 10 nitrogen and oxygen atoms in total. The first-order valence-electron chi connectivity index (χ1n) is 5.24. The summed E-state index contributed by atoms with van der Waals surface area (Å²) in [6.45, 7) is 1.21. The number of hydrogen-bond donors (Lipinski definition) is 1. The zero-order valence-corrected chi connectivity index (χ0v) is 10.9. The zero-order chi connectivity index (χ0) is 14.7. The van der Waals surface area contributed by atoms with Crippen LogP contribution in [0.25, 0.3) is 0 Å². The molecular weight excluding hydrogens is 288 g/mol. The maximum absolute atomic E-state index is 10.7. The zero-order valence-electron chi connectivity index (χ0n) is 10.1. The fourth-order valence-electron chi connectivity index (χ4n) is 1.36. The smallest absolute Gasteiger partial charge is 0.325 e. The van der Waals surface area contributed by atoms with Crippen LogP contribution in [0.2, 0.25) is 0 Å². The Hall–Kier alpha value is -2.56. The minimum Gasteiger partial charge on any atom is -0.480 e. The Kier molecular flexibility index (Phi) is 3.89. The van der Waals surface area contributed by atoms with Crippen molar-refractivity contribution in [2.24, 2.45) is 0 Å². The Morgan fingerprint density at radius 2 is 2.35 bits per heavy atom. The van der Waals surface area contributed by atoms with Gasteiger partial charge in [0.1, 0.15) is 17.8 Å². The van der Waals surface area contributed by atoms with E-state index in [1.165, 1.54) is 6.07 Å². The van der Waals surface area contributed by atoms with E-state index in [-0.39, 0.29) is 17.4 Å². The van der Waals surface area contributed by atoms with Crippen LogP contribution in [0.5, 0.6) is 0 Å². The third kappa shape index (κ3) is 3.06. The second kappa shape index (κ2) is 5.61. The predicted molar refractivity (Wildman–Crippen MR) is 65.2 cm³/mol. The number of aromatic nitrogens is 5. The van der Waals surface area contributed by atoms with Crippen LogP contribution >= 0.6 is 11.8 Å². The van der Waals surface area contributed by atoms with Crippen molar-refractivity contribution in [2.45, 2.75) is 23.7 Å². The van der Waals surface area contributed by atoms with Crippen molar-refractivity contribution in [3.05, 3.63) is 27.9 Å². The number of nitrogens with zero attached hydrogens (tertiary/aromatic N) is 6. The third-order valence-electron chi connectivity index (χ3n) is 2.23. The van der Waals surface area contributed by atoms with E-state index in [0.29, 0.717) is 10.6 Å². The molecule has 1 N–H and O–H groups in total. The van der Waals surface area contributed by atoms with Gasteiger partial charge in [-0.2, -0.15) is 0 Å². The normalized spacial score (nSPS) is 10.4. The van der Waals surface area contributed by atoms with Gasteiger partial charge in [0.05, 0.1) is 4.92 Å². The van der Waals surface area contributed by atoms with Crippen LogP contribution in [0, 0.1) is 17.0 Å². The summed E-state index contributed by atoms with van der Waals surface area (Å²) in [4.78, 5) is 24.7. The minimum atomic E-state index is -1.08. The lowest BCUT2D eigenvalue weighted by Gasteiger charge is -2.02. The Morgan fingerprint density at radius 1 is 1.60 bits per heavy atom. The second-order valence-corrected chi connectivity index (χ2v) is 4.67. The summed E-state index contributed by atoms with van der Waals surface area (Å²) in [7, 11) is 0. The largest absolute Gasteiger partial charge is 0.480 e. The average molecular weight is 296 g/mol. The van der Waals surface area contributed by atoms with Gasteiger partial charge in [-0.05, 0) is 35.2 Å². The summed E-state index contributed by atoms with van der Waals surface area (Å²) in [5.41, 5.74) is 0.365. The highest BCUT2D eigenvalue weighted by atomic mass is 32.2. The summed E-state index contributed by atoms with van der Waals surface area (Å²) in [6.07, 6.45) is 1.14. The number of aliphatic carboxylic acids is 1. The fourth-order valence-corrected chi connectivity index (χ4v) is 2.17. The summed E-state index contributed by atoms with van der Waals surface area (Å²) in [6, 6.07) is 1.52. The van der Waals surface area contributed by atoms with Crippen molar-refractivity contribution >= 4 is 23.4 Å². The monoisotopic (exact) mass is 296 g/mol. The Labute approximate surface area is 116 Å². The molecule has 2 rings (SSSR count). The lowest BCUT2D eigenvalue weighted by Crippen LogP contribution is -2.11. The van der Waals surface area contributed by atoms with E-state index in [0.717, 1.165) is 22.6 Å². The molecule has 2 aromatic heterocycles. The number of carboxylic acid groups (broad SMARTS) is 1. The molecule has 0 fully saturated rings. The molecule has 0 unspecified atom stereocenters. The molecule has 0 radical (unpaired) electrons. The van der Waals surface area contributed by atoms with Gasteiger partial charge in [0.25, 0.3) is 5.69 Å². The number of carboxylic acids is 1. The van der Waals surface area contributed by atoms with E-state index < -0.39 is 10.9 Å². The quantitative estimate of drug-likeness (QED) is 0.618. The van der Waals surface area contributed by atoms with Gasteiger partial charge in [-0.25, -0.2) is 9.67 Å². The maximum atomic E-state index is 10.7. The van der Waals surface area contributed by atoms with Crippen molar-refractivity contribution in [1.29, 1.82) is 0 Å². The number of pyridine rings is 1. The first-order valence-corrected chi connectivity index (χ1v) is 6.06. The Bertz CT molecular complexity index is 672. The van der Waals surface area contributed by atoms with Crippen molar-refractivity contribution in [2.75, 3.05) is 0 Å². The van der Waals surface area contributed by atoms with Crippen molar-refractivity contribution < 1.29 is 14.8 Å². The summed E-state index contributed by atoms with van der Waals surface area (Å²) < 4.78 is 1.10. The molecule has 2 heterocycles. The van der Waals surface area contributed by atoms with Gasteiger partial charge in [0.15, 0.2) is 0 Å². The standard InChI is InChI=1S/C9H8N6O4S/c1-5-2-7(10-3-6(5)15(18)19)20-9-11-12-13-14(9)4-8(16)17/h2-3H,4H2,1H3,(H,16,17). The topological polar surface area (TPSA) is 137 Å². The summed E-state index contributed by atoms with van der Waals surface area (Å²) >= 11 is 1.03. The second-order valence-electron chi connectivity index (χ2n) is 3.68. The molecule has 0 amide bonds. The van der Waals surface area contributed by atoms with Crippen LogP contribution in [0.1, 0.15) is 5.56 Å². The Balaban J connectivity index is 2.22. The molecular formula is C9H8N6O4S. The van der Waals surface area contributed by atoms with Crippen molar-refractivity contribution in [3.8, 4) is 0 Å². The number of carbonyl (C=O) groups is 1. The summed E-state index contributed by atoms with van der Waals surface area (Å²) in [5.74, 6) is -1.08. The van der Waals surface area contributed by atoms with Gasteiger partial charge in [-0.1, -0.05) is 0 Å². The van der Waals surface area contributed by atoms with Gasteiger partial charge < -0.3 is 5.11 Å². The van der Waals surface area contributed by atoms with Crippen molar-refractivity contribution in [1.82, 2.24) is 25.2 Å². The number of aryl methyl sites for hydroxylation is 1. The highest BCUT2D eigenvalue weighted by Gasteiger charge is 2.15. The summed E-state index contributed by atoms with van der Waals surface area (Å²) in [5, 5.41) is 30.7. The molecule has 0 aromatic carbocycles. The molecule has 20 heavy (non-hydrogen) atoms. The van der Waals surface area contributed by atoms with Gasteiger partial charge in [0.2, 0.25) is 5.16 Å². The maximum Gasteiger partial charge on any atom is 0.325 e. The SMILES string of the molecule is Cc1cc(Sc2nnnn2CC(=O)O)ncc1[N+](=O)[O-]. The van der Waals surface area contributed by atoms with Gasteiger partial charge in [-0.3, -0.25) is 14.9 Å². The van der Waals surface area contributed by atoms with E-state index >= 15 is 0 Å². The lowest BCUT2D eigenvalue weighted by atomic mass is 10.3. The van der Waals surface area contributed by atoms with Crippen LogP contribution in [-0.4, -0.2) is 41.2 Å². The van der Waals surface area contributed by atoms with Crippen molar-refractivity contribution in [3.63, 3.8) is 0 Å². The number of hydrogen-bond acceptors (Lipinski definition) is 8. The number of nitro groups is 1. The lowest BCUT2D eigenvalue weighted by molar-refractivity contribution is -0.385. The van der Waals surface area contributed by atoms with Gasteiger partial charge in [-0.15, -0.1) is 5.10 Å². The Morgan fingerprint density at radius 3 is 2.95 bits per heavy atom. The highest BCUT2D eigenvalue weighted by Crippen LogP contribution is 2.27. The minimum absolute atomic E-state index is 0.0838. The molecule has 0 aliphatic carbocycles. The molecule has 0 spiro atoms. The van der Waals surface area contributed by atoms with Gasteiger partial charge >= 0.3 is 5.97 Å². The van der Waals surface area contributed by atoms with E-state index in [4.69, 9.17) is 5.11 Å². The van der Waals surface area contributed by atoms with Crippen LogP contribution in [0.15, 0.2) is 22.4 Å². The number of rotatable bonds is 5. The van der Waals surface area contributed by atoms with Gasteiger partial charge in [0, 0.05) is 5.56 Å². The molecule has 104 valence electrons. The van der Waals surface area contributed by atoms with E-state index in [9.17, 15) is 14.9 Å². The first kappa shape index (κ1) is 13.9. The van der Waals surface area contributed by atoms with E-state index in [2.05, 4.69) is 20.5 Å². The predicted octanol–water partition coefficient (Wildman–Crippen LogP) is 0.521. The van der Waals surface area contributed by atoms with Crippen LogP contribution in [0.3, 0.4) is 0 Å². The first-order chi connectivity index (χ1) is 9.47.